The van der Waals surface area contributed by atoms with E-state index < -0.39 is 0 Å². The Morgan fingerprint density at radius 3 is 2.71 bits per heavy atom. The molecule has 0 aliphatic rings. The minimum absolute atomic E-state index is 0.150. The van der Waals surface area contributed by atoms with Gasteiger partial charge >= 0.3 is 0 Å². The highest BCUT2D eigenvalue weighted by molar-refractivity contribution is 5.41. The zero-order chi connectivity index (χ0) is 12.1. The SMILES string of the molecule is Nc1ccc(OCCc2nccc(=O)[nH]2)cc1. The van der Waals surface area contributed by atoms with Crippen LogP contribution in [0.15, 0.2) is 41.3 Å². The van der Waals surface area contributed by atoms with Gasteiger partial charge in [0, 0.05) is 24.4 Å². The first-order chi connectivity index (χ1) is 8.24. The highest BCUT2D eigenvalue weighted by Gasteiger charge is 1.97. The summed E-state index contributed by atoms with van der Waals surface area (Å²) in [6, 6.07) is 8.53. The summed E-state index contributed by atoms with van der Waals surface area (Å²) < 4.78 is 5.49. The molecule has 5 nitrogen and oxygen atoms in total. The van der Waals surface area contributed by atoms with Crippen molar-refractivity contribution in [1.29, 1.82) is 0 Å². The van der Waals surface area contributed by atoms with Gasteiger partial charge in [0.15, 0.2) is 0 Å². The quantitative estimate of drug-likeness (QED) is 0.768. The molecule has 0 saturated carbocycles. The molecule has 1 heterocycles. The molecule has 0 saturated heterocycles. The Morgan fingerprint density at radius 1 is 1.24 bits per heavy atom. The lowest BCUT2D eigenvalue weighted by Gasteiger charge is -2.05. The topological polar surface area (TPSA) is 81.0 Å². The van der Waals surface area contributed by atoms with Gasteiger partial charge in [-0.15, -0.1) is 0 Å². The molecule has 0 fully saturated rings. The molecule has 0 aliphatic heterocycles. The van der Waals surface area contributed by atoms with Crippen molar-refractivity contribution in [2.45, 2.75) is 6.42 Å². The second kappa shape index (κ2) is 5.16. The van der Waals surface area contributed by atoms with Crippen LogP contribution in [0.2, 0.25) is 0 Å². The molecule has 0 aliphatic carbocycles. The lowest BCUT2D eigenvalue weighted by atomic mass is 10.3. The minimum atomic E-state index is -0.150. The van der Waals surface area contributed by atoms with E-state index in [0.717, 1.165) is 5.75 Å². The predicted molar refractivity (Wildman–Crippen MR) is 64.9 cm³/mol. The van der Waals surface area contributed by atoms with Crippen molar-refractivity contribution in [3.05, 3.63) is 52.7 Å². The molecular weight excluding hydrogens is 218 g/mol. The first kappa shape index (κ1) is 11.2. The van der Waals surface area contributed by atoms with Crippen molar-refractivity contribution in [3.8, 4) is 5.75 Å². The molecule has 2 rings (SSSR count). The number of hydrogen-bond donors (Lipinski definition) is 2. The average molecular weight is 231 g/mol. The summed E-state index contributed by atoms with van der Waals surface area (Å²) in [6.45, 7) is 0.455. The fourth-order valence-corrected chi connectivity index (χ4v) is 1.37. The van der Waals surface area contributed by atoms with Crippen molar-refractivity contribution in [2.24, 2.45) is 0 Å². The van der Waals surface area contributed by atoms with Gasteiger partial charge in [-0.05, 0) is 24.3 Å². The fraction of sp³-hybridized carbons (Fsp3) is 0.167. The molecule has 1 aromatic heterocycles. The monoisotopic (exact) mass is 231 g/mol. The number of nitrogens with one attached hydrogen (secondary N) is 1. The molecule has 0 amide bonds. The van der Waals surface area contributed by atoms with Crippen molar-refractivity contribution >= 4 is 5.69 Å². The third kappa shape index (κ3) is 3.34. The molecule has 0 radical (unpaired) electrons. The van der Waals surface area contributed by atoms with E-state index in [4.69, 9.17) is 10.5 Å². The van der Waals surface area contributed by atoms with Crippen LogP contribution in [-0.4, -0.2) is 16.6 Å². The molecular formula is C12H13N3O2. The Labute approximate surface area is 98.3 Å². The highest BCUT2D eigenvalue weighted by atomic mass is 16.5. The van der Waals surface area contributed by atoms with Crippen LogP contribution < -0.4 is 16.0 Å². The van der Waals surface area contributed by atoms with Crippen LogP contribution in [0.3, 0.4) is 0 Å². The average Bonchev–Trinajstić information content (AvgIpc) is 2.32. The number of rotatable bonds is 4. The molecule has 2 aromatic rings. The smallest absolute Gasteiger partial charge is 0.250 e. The van der Waals surface area contributed by atoms with Gasteiger partial charge in [-0.3, -0.25) is 4.79 Å². The van der Waals surface area contributed by atoms with E-state index in [1.54, 1.807) is 24.3 Å². The van der Waals surface area contributed by atoms with Gasteiger partial charge in [0.05, 0.1) is 6.61 Å². The van der Waals surface area contributed by atoms with Gasteiger partial charge in [-0.2, -0.15) is 0 Å². The number of nitrogen functional groups attached to an aromatic ring is 1. The van der Waals surface area contributed by atoms with Crippen LogP contribution in [0, 0.1) is 0 Å². The Balaban J connectivity index is 1.87. The molecule has 88 valence electrons. The number of ether oxygens (including phenoxy) is 1. The number of nitrogens with two attached hydrogens (primary N) is 1. The normalized spacial score (nSPS) is 10.1. The Morgan fingerprint density at radius 2 is 2.00 bits per heavy atom. The molecule has 5 heteroatoms. The Kier molecular flexibility index (Phi) is 3.40. The Bertz CT molecular complexity index is 534. The molecule has 0 spiro atoms. The summed E-state index contributed by atoms with van der Waals surface area (Å²) in [7, 11) is 0. The van der Waals surface area contributed by atoms with Crippen molar-refractivity contribution < 1.29 is 4.74 Å². The van der Waals surface area contributed by atoms with Crippen molar-refractivity contribution in [3.63, 3.8) is 0 Å². The predicted octanol–water partition coefficient (Wildman–Crippen LogP) is 0.974. The number of H-pyrrole nitrogens is 1. The molecule has 3 N–H and O–H groups in total. The van der Waals surface area contributed by atoms with Crippen LogP contribution >= 0.6 is 0 Å². The van der Waals surface area contributed by atoms with E-state index in [9.17, 15) is 4.79 Å². The largest absolute Gasteiger partial charge is 0.493 e. The van der Waals surface area contributed by atoms with E-state index in [2.05, 4.69) is 9.97 Å². The van der Waals surface area contributed by atoms with E-state index in [0.29, 0.717) is 24.5 Å². The number of hydrogen-bond acceptors (Lipinski definition) is 4. The van der Waals surface area contributed by atoms with Crippen LogP contribution in [-0.2, 0) is 6.42 Å². The van der Waals surface area contributed by atoms with Gasteiger partial charge in [0.25, 0.3) is 5.56 Å². The summed E-state index contributed by atoms with van der Waals surface area (Å²) in [5, 5.41) is 0. The third-order valence-corrected chi connectivity index (χ3v) is 2.21. The van der Waals surface area contributed by atoms with Crippen LogP contribution in [0.4, 0.5) is 5.69 Å². The van der Waals surface area contributed by atoms with E-state index in [1.807, 2.05) is 0 Å². The van der Waals surface area contributed by atoms with Gasteiger partial charge in [-0.1, -0.05) is 0 Å². The van der Waals surface area contributed by atoms with Crippen LogP contribution in [0.5, 0.6) is 5.75 Å². The molecule has 0 unspecified atom stereocenters. The summed E-state index contributed by atoms with van der Waals surface area (Å²) in [4.78, 5) is 17.7. The molecule has 0 atom stereocenters. The van der Waals surface area contributed by atoms with Gasteiger partial charge < -0.3 is 15.5 Å². The van der Waals surface area contributed by atoms with E-state index >= 15 is 0 Å². The molecule has 1 aromatic carbocycles. The second-order valence-electron chi connectivity index (χ2n) is 3.55. The third-order valence-electron chi connectivity index (χ3n) is 2.21. The molecule has 17 heavy (non-hydrogen) atoms. The number of aromatic nitrogens is 2. The first-order valence-electron chi connectivity index (χ1n) is 5.26. The van der Waals surface area contributed by atoms with Crippen molar-refractivity contribution in [1.82, 2.24) is 9.97 Å². The maximum Gasteiger partial charge on any atom is 0.250 e. The summed E-state index contributed by atoms with van der Waals surface area (Å²) in [5.74, 6) is 1.37. The summed E-state index contributed by atoms with van der Waals surface area (Å²) in [6.07, 6.45) is 2.04. The van der Waals surface area contributed by atoms with Gasteiger partial charge in [0.1, 0.15) is 11.6 Å². The van der Waals surface area contributed by atoms with E-state index in [1.165, 1.54) is 12.3 Å². The summed E-state index contributed by atoms with van der Waals surface area (Å²) >= 11 is 0. The number of anilines is 1. The van der Waals surface area contributed by atoms with Crippen LogP contribution in [0.25, 0.3) is 0 Å². The number of benzene rings is 1. The Hall–Kier alpha value is -2.30. The number of aromatic amines is 1. The van der Waals surface area contributed by atoms with Crippen molar-refractivity contribution in [2.75, 3.05) is 12.3 Å². The minimum Gasteiger partial charge on any atom is -0.493 e. The molecule has 0 bridgehead atoms. The standard InChI is InChI=1S/C12H13N3O2/c13-9-1-3-10(4-2-9)17-8-6-11-14-7-5-12(16)15-11/h1-5,7H,6,8,13H2,(H,14,15,16). The highest BCUT2D eigenvalue weighted by Crippen LogP contribution is 2.12. The van der Waals surface area contributed by atoms with Gasteiger partial charge in [-0.25, -0.2) is 4.98 Å². The van der Waals surface area contributed by atoms with Gasteiger partial charge in [0.2, 0.25) is 0 Å². The van der Waals surface area contributed by atoms with Crippen LogP contribution in [0.1, 0.15) is 5.82 Å². The zero-order valence-corrected chi connectivity index (χ0v) is 9.22. The zero-order valence-electron chi connectivity index (χ0n) is 9.22. The second-order valence-corrected chi connectivity index (χ2v) is 3.55. The maximum atomic E-state index is 11.0. The first-order valence-corrected chi connectivity index (χ1v) is 5.26. The lowest BCUT2D eigenvalue weighted by Crippen LogP contribution is -2.12. The number of nitrogens with zero attached hydrogens (tertiary/aromatic N) is 1. The maximum absolute atomic E-state index is 11.0. The lowest BCUT2D eigenvalue weighted by molar-refractivity contribution is 0.319. The fourth-order valence-electron chi connectivity index (χ4n) is 1.37. The summed E-state index contributed by atoms with van der Waals surface area (Å²) in [5.41, 5.74) is 6.11. The van der Waals surface area contributed by atoms with E-state index in [-0.39, 0.29) is 5.56 Å².